The molecule has 0 N–H and O–H groups in total. The summed E-state index contributed by atoms with van der Waals surface area (Å²) in [6.07, 6.45) is 2.97. The molecule has 0 aromatic carbocycles. The SMILES string of the molecule is O=C(OC1CCC2(CC1)OCCO2)c1ccc(Br)o1. The highest BCUT2D eigenvalue weighted by Gasteiger charge is 2.41. The summed E-state index contributed by atoms with van der Waals surface area (Å²) in [5.41, 5.74) is 0. The first-order chi connectivity index (χ1) is 9.17. The van der Waals surface area contributed by atoms with Crippen LogP contribution in [0, 0.1) is 0 Å². The van der Waals surface area contributed by atoms with E-state index in [1.165, 1.54) is 0 Å². The van der Waals surface area contributed by atoms with E-state index in [2.05, 4.69) is 15.9 Å². The number of hydrogen-bond donors (Lipinski definition) is 0. The first-order valence-corrected chi connectivity index (χ1v) is 7.20. The minimum absolute atomic E-state index is 0.0881. The number of ether oxygens (including phenoxy) is 3. The van der Waals surface area contributed by atoms with Crippen molar-refractivity contribution in [3.63, 3.8) is 0 Å². The molecule has 1 saturated heterocycles. The highest BCUT2D eigenvalue weighted by atomic mass is 79.9. The van der Waals surface area contributed by atoms with Crippen LogP contribution in [0.5, 0.6) is 0 Å². The van der Waals surface area contributed by atoms with E-state index in [4.69, 9.17) is 18.6 Å². The van der Waals surface area contributed by atoms with Crippen LogP contribution in [0.4, 0.5) is 0 Å². The number of rotatable bonds is 2. The molecule has 1 aliphatic carbocycles. The third-order valence-electron chi connectivity index (χ3n) is 3.56. The van der Waals surface area contributed by atoms with Crippen LogP contribution in [-0.4, -0.2) is 31.1 Å². The van der Waals surface area contributed by atoms with E-state index >= 15 is 0 Å². The molecule has 2 aliphatic rings. The van der Waals surface area contributed by atoms with Gasteiger partial charge in [-0.3, -0.25) is 0 Å². The maximum Gasteiger partial charge on any atom is 0.374 e. The van der Waals surface area contributed by atoms with Crippen LogP contribution >= 0.6 is 15.9 Å². The van der Waals surface area contributed by atoms with Crippen molar-refractivity contribution in [3.8, 4) is 0 Å². The van der Waals surface area contributed by atoms with Gasteiger partial charge in [0.2, 0.25) is 5.76 Å². The zero-order chi connectivity index (χ0) is 13.3. The summed E-state index contributed by atoms with van der Waals surface area (Å²) in [5.74, 6) is -0.614. The second-order valence-corrected chi connectivity index (χ2v) is 5.60. The predicted octanol–water partition coefficient (Wildman–Crippen LogP) is 2.88. The third-order valence-corrected chi connectivity index (χ3v) is 3.98. The molecule has 0 radical (unpaired) electrons. The quantitative estimate of drug-likeness (QED) is 0.780. The van der Waals surface area contributed by atoms with Crippen LogP contribution in [0.15, 0.2) is 21.2 Å². The molecular weight excluding hydrogens is 316 g/mol. The summed E-state index contributed by atoms with van der Waals surface area (Å²) in [7, 11) is 0. The van der Waals surface area contributed by atoms with Gasteiger partial charge < -0.3 is 18.6 Å². The van der Waals surface area contributed by atoms with Crippen molar-refractivity contribution in [2.45, 2.75) is 37.6 Å². The molecule has 0 amide bonds. The Morgan fingerprint density at radius 3 is 2.53 bits per heavy atom. The van der Waals surface area contributed by atoms with Crippen LogP contribution in [0.3, 0.4) is 0 Å². The number of hydrogen-bond acceptors (Lipinski definition) is 5. The number of furan rings is 1. The zero-order valence-corrected chi connectivity index (χ0v) is 12.0. The fourth-order valence-corrected chi connectivity index (χ4v) is 2.87. The topological polar surface area (TPSA) is 57.9 Å². The lowest BCUT2D eigenvalue weighted by atomic mass is 9.92. The first-order valence-electron chi connectivity index (χ1n) is 6.41. The van der Waals surface area contributed by atoms with E-state index in [9.17, 15) is 4.79 Å². The minimum Gasteiger partial charge on any atom is -0.457 e. The monoisotopic (exact) mass is 330 g/mol. The van der Waals surface area contributed by atoms with Crippen molar-refractivity contribution >= 4 is 21.9 Å². The van der Waals surface area contributed by atoms with Gasteiger partial charge in [0.15, 0.2) is 10.5 Å². The Morgan fingerprint density at radius 1 is 1.26 bits per heavy atom. The summed E-state index contributed by atoms with van der Waals surface area (Å²) in [6, 6.07) is 3.27. The largest absolute Gasteiger partial charge is 0.457 e. The van der Waals surface area contributed by atoms with Gasteiger partial charge in [-0.25, -0.2) is 4.79 Å². The normalized spacial score (nSPS) is 22.8. The molecular formula is C13H15BrO5. The fourth-order valence-electron chi connectivity index (χ4n) is 2.57. The Morgan fingerprint density at radius 2 is 1.95 bits per heavy atom. The number of carbonyl (C=O) groups excluding carboxylic acids is 1. The summed E-state index contributed by atoms with van der Waals surface area (Å²) in [4.78, 5) is 11.8. The number of carbonyl (C=O) groups is 1. The van der Waals surface area contributed by atoms with E-state index in [0.717, 1.165) is 25.7 Å². The summed E-state index contributed by atoms with van der Waals surface area (Å²) < 4.78 is 22.4. The molecule has 1 aromatic rings. The average Bonchev–Trinajstić information content (AvgIpc) is 3.02. The molecule has 1 saturated carbocycles. The zero-order valence-electron chi connectivity index (χ0n) is 10.4. The first kappa shape index (κ1) is 13.1. The van der Waals surface area contributed by atoms with Crippen LogP contribution < -0.4 is 0 Å². The molecule has 1 aromatic heterocycles. The Bertz CT molecular complexity index is 453. The average molecular weight is 331 g/mol. The van der Waals surface area contributed by atoms with Gasteiger partial charge in [0, 0.05) is 12.8 Å². The van der Waals surface area contributed by atoms with Crippen molar-refractivity contribution in [1.82, 2.24) is 0 Å². The third kappa shape index (κ3) is 2.85. The summed E-state index contributed by atoms with van der Waals surface area (Å²) in [5, 5.41) is 0. The highest BCUT2D eigenvalue weighted by Crippen LogP contribution is 2.36. The van der Waals surface area contributed by atoms with Gasteiger partial charge in [-0.05, 0) is 40.9 Å². The Hall–Kier alpha value is -0.850. The molecule has 0 unspecified atom stereocenters. The Labute approximate surface area is 119 Å². The van der Waals surface area contributed by atoms with E-state index in [1.807, 2.05) is 0 Å². The fraction of sp³-hybridized carbons (Fsp3) is 0.615. The maximum absolute atomic E-state index is 11.8. The van der Waals surface area contributed by atoms with Crippen molar-refractivity contribution in [2.24, 2.45) is 0 Å². The van der Waals surface area contributed by atoms with Crippen LogP contribution in [0.25, 0.3) is 0 Å². The van der Waals surface area contributed by atoms with Crippen molar-refractivity contribution in [1.29, 1.82) is 0 Å². The molecule has 0 atom stereocenters. The second kappa shape index (κ2) is 5.26. The van der Waals surface area contributed by atoms with Gasteiger partial charge in [0.05, 0.1) is 13.2 Å². The minimum atomic E-state index is -0.420. The van der Waals surface area contributed by atoms with E-state index in [1.54, 1.807) is 12.1 Å². The number of halogens is 1. The van der Waals surface area contributed by atoms with Gasteiger partial charge >= 0.3 is 5.97 Å². The van der Waals surface area contributed by atoms with Crippen molar-refractivity contribution in [2.75, 3.05) is 13.2 Å². The Balaban J connectivity index is 1.53. The molecule has 2 heterocycles. The van der Waals surface area contributed by atoms with E-state index in [0.29, 0.717) is 17.9 Å². The van der Waals surface area contributed by atoms with Gasteiger partial charge in [-0.2, -0.15) is 0 Å². The molecule has 1 aliphatic heterocycles. The molecule has 19 heavy (non-hydrogen) atoms. The number of esters is 1. The predicted molar refractivity (Wildman–Crippen MR) is 68.7 cm³/mol. The van der Waals surface area contributed by atoms with Gasteiger partial charge in [0.25, 0.3) is 0 Å². The molecule has 104 valence electrons. The van der Waals surface area contributed by atoms with Gasteiger partial charge in [-0.15, -0.1) is 0 Å². The second-order valence-electron chi connectivity index (χ2n) is 4.82. The summed E-state index contributed by atoms with van der Waals surface area (Å²) >= 11 is 3.16. The lowest BCUT2D eigenvalue weighted by molar-refractivity contribution is -0.188. The highest BCUT2D eigenvalue weighted by molar-refractivity contribution is 9.10. The maximum atomic E-state index is 11.8. The van der Waals surface area contributed by atoms with Crippen molar-refractivity contribution < 1.29 is 23.4 Å². The molecule has 1 spiro atoms. The van der Waals surface area contributed by atoms with E-state index < -0.39 is 11.8 Å². The molecule has 3 rings (SSSR count). The Kier molecular flexibility index (Phi) is 3.64. The molecule has 2 fully saturated rings. The van der Waals surface area contributed by atoms with Crippen molar-refractivity contribution in [3.05, 3.63) is 22.6 Å². The van der Waals surface area contributed by atoms with Gasteiger partial charge in [-0.1, -0.05) is 0 Å². The van der Waals surface area contributed by atoms with Gasteiger partial charge in [0.1, 0.15) is 6.10 Å². The molecule has 6 heteroatoms. The lowest BCUT2D eigenvalue weighted by Crippen LogP contribution is -2.38. The molecule has 5 nitrogen and oxygen atoms in total. The molecule has 0 bridgehead atoms. The standard InChI is InChI=1S/C13H15BrO5/c14-11-2-1-10(19-11)12(15)18-9-3-5-13(6-4-9)16-7-8-17-13/h1-2,9H,3-8H2. The lowest BCUT2D eigenvalue weighted by Gasteiger charge is -2.34. The summed E-state index contributed by atoms with van der Waals surface area (Å²) in [6.45, 7) is 1.32. The van der Waals surface area contributed by atoms with Crippen LogP contribution in [0.1, 0.15) is 36.2 Å². The van der Waals surface area contributed by atoms with Crippen LogP contribution in [-0.2, 0) is 14.2 Å². The van der Waals surface area contributed by atoms with Crippen LogP contribution in [0.2, 0.25) is 0 Å². The van der Waals surface area contributed by atoms with E-state index in [-0.39, 0.29) is 11.9 Å². The smallest absolute Gasteiger partial charge is 0.374 e.